The van der Waals surface area contributed by atoms with E-state index >= 15 is 0 Å². The van der Waals surface area contributed by atoms with E-state index in [0.29, 0.717) is 0 Å². The molecule has 1 atom stereocenters. The second-order valence-corrected chi connectivity index (χ2v) is 5.59. The van der Waals surface area contributed by atoms with E-state index in [1.165, 1.54) is 0 Å². The van der Waals surface area contributed by atoms with E-state index in [-0.39, 0.29) is 6.04 Å². The summed E-state index contributed by atoms with van der Waals surface area (Å²) in [6.45, 7) is 2.05. The van der Waals surface area contributed by atoms with Gasteiger partial charge in [-0.15, -0.1) is 0 Å². The van der Waals surface area contributed by atoms with E-state index in [1.54, 1.807) is 14.2 Å². The third-order valence-electron chi connectivity index (χ3n) is 3.46. The Bertz CT molecular complexity index is 609. The van der Waals surface area contributed by atoms with Crippen LogP contribution >= 0.6 is 15.9 Å². The molecule has 112 valence electrons. The molecule has 0 saturated carbocycles. The third kappa shape index (κ3) is 3.20. The topological polar surface area (TPSA) is 56.5 Å². The van der Waals surface area contributed by atoms with Crippen molar-refractivity contribution in [1.29, 1.82) is 0 Å². The van der Waals surface area contributed by atoms with Gasteiger partial charge >= 0.3 is 0 Å². The van der Waals surface area contributed by atoms with Crippen molar-refractivity contribution in [3.05, 3.63) is 57.6 Å². The number of hydrogen-bond donors (Lipinski definition) is 2. The lowest BCUT2D eigenvalue weighted by Gasteiger charge is -2.23. The largest absolute Gasteiger partial charge is 0.496 e. The van der Waals surface area contributed by atoms with E-state index < -0.39 is 0 Å². The van der Waals surface area contributed by atoms with Crippen LogP contribution in [0.15, 0.2) is 40.9 Å². The van der Waals surface area contributed by atoms with Crippen molar-refractivity contribution < 1.29 is 9.47 Å². The van der Waals surface area contributed by atoms with Crippen molar-refractivity contribution in [2.24, 2.45) is 5.84 Å². The summed E-state index contributed by atoms with van der Waals surface area (Å²) in [7, 11) is 3.28. The minimum atomic E-state index is -0.218. The first-order valence-corrected chi connectivity index (χ1v) is 7.34. The zero-order chi connectivity index (χ0) is 15.4. The fraction of sp³-hybridized carbons (Fsp3) is 0.250. The molecule has 0 fully saturated rings. The minimum absolute atomic E-state index is 0.218. The summed E-state index contributed by atoms with van der Waals surface area (Å²) in [6.07, 6.45) is 0. The minimum Gasteiger partial charge on any atom is -0.496 e. The van der Waals surface area contributed by atoms with Crippen LogP contribution in [0.2, 0.25) is 0 Å². The summed E-state index contributed by atoms with van der Waals surface area (Å²) in [5.41, 5.74) is 5.95. The number of hydrogen-bond acceptors (Lipinski definition) is 4. The number of ether oxygens (including phenoxy) is 2. The number of halogens is 1. The van der Waals surface area contributed by atoms with Gasteiger partial charge in [0.15, 0.2) is 0 Å². The molecule has 0 aliphatic carbocycles. The molecule has 1 unspecified atom stereocenters. The normalized spacial score (nSPS) is 12.0. The van der Waals surface area contributed by atoms with Gasteiger partial charge in [0.1, 0.15) is 11.5 Å². The molecule has 2 aromatic carbocycles. The number of nitrogens with one attached hydrogen (secondary N) is 1. The zero-order valence-electron chi connectivity index (χ0n) is 12.3. The summed E-state index contributed by atoms with van der Waals surface area (Å²) in [4.78, 5) is 0. The molecule has 3 N–H and O–H groups in total. The monoisotopic (exact) mass is 350 g/mol. The van der Waals surface area contributed by atoms with Crippen LogP contribution in [0.25, 0.3) is 0 Å². The maximum Gasteiger partial charge on any atom is 0.127 e. The van der Waals surface area contributed by atoms with Gasteiger partial charge in [-0.2, -0.15) is 0 Å². The van der Waals surface area contributed by atoms with Crippen LogP contribution < -0.4 is 20.7 Å². The highest BCUT2D eigenvalue weighted by atomic mass is 79.9. The lowest BCUT2D eigenvalue weighted by atomic mass is 9.94. The summed E-state index contributed by atoms with van der Waals surface area (Å²) in [6, 6.07) is 11.6. The average Bonchev–Trinajstić information content (AvgIpc) is 2.49. The first-order chi connectivity index (χ1) is 10.1. The van der Waals surface area contributed by atoms with Gasteiger partial charge in [-0.05, 0) is 42.3 Å². The molecule has 4 nitrogen and oxygen atoms in total. The molecule has 21 heavy (non-hydrogen) atoms. The van der Waals surface area contributed by atoms with Crippen molar-refractivity contribution in [3.63, 3.8) is 0 Å². The Balaban J connectivity index is 2.61. The maximum atomic E-state index is 5.82. The summed E-state index contributed by atoms with van der Waals surface area (Å²) >= 11 is 3.48. The molecule has 0 heterocycles. The van der Waals surface area contributed by atoms with E-state index in [9.17, 15) is 0 Å². The van der Waals surface area contributed by atoms with E-state index in [1.807, 2.05) is 37.3 Å². The van der Waals surface area contributed by atoms with Crippen molar-refractivity contribution in [3.8, 4) is 11.5 Å². The van der Waals surface area contributed by atoms with Crippen LogP contribution in [-0.4, -0.2) is 14.2 Å². The van der Waals surface area contributed by atoms with Gasteiger partial charge in [0.25, 0.3) is 0 Å². The molecule has 5 heteroatoms. The highest BCUT2D eigenvalue weighted by Gasteiger charge is 2.23. The molecular formula is C16H19BrN2O2. The Labute approximate surface area is 133 Å². The first kappa shape index (κ1) is 15.8. The number of hydrazine groups is 1. The highest BCUT2D eigenvalue weighted by molar-refractivity contribution is 9.10. The SMILES string of the molecule is COc1cccc(OC)c1C(NN)c1ccc(Br)cc1C. The lowest BCUT2D eigenvalue weighted by molar-refractivity contribution is 0.377. The van der Waals surface area contributed by atoms with Crippen molar-refractivity contribution in [2.45, 2.75) is 13.0 Å². The molecule has 2 aromatic rings. The van der Waals surface area contributed by atoms with E-state index in [0.717, 1.165) is 32.7 Å². The molecule has 0 saturated heterocycles. The Morgan fingerprint density at radius 1 is 1.10 bits per heavy atom. The van der Waals surface area contributed by atoms with Gasteiger partial charge in [0.05, 0.1) is 25.8 Å². The lowest BCUT2D eigenvalue weighted by Crippen LogP contribution is -2.30. The zero-order valence-corrected chi connectivity index (χ0v) is 13.9. The van der Waals surface area contributed by atoms with E-state index in [4.69, 9.17) is 15.3 Å². The number of nitrogens with two attached hydrogens (primary N) is 1. The molecule has 2 rings (SSSR count). The molecule has 0 aliphatic rings. The predicted molar refractivity (Wildman–Crippen MR) is 87.6 cm³/mol. The van der Waals surface area contributed by atoms with Crippen LogP contribution in [0.4, 0.5) is 0 Å². The van der Waals surface area contributed by atoms with E-state index in [2.05, 4.69) is 27.4 Å². The van der Waals surface area contributed by atoms with Crippen molar-refractivity contribution in [2.75, 3.05) is 14.2 Å². The van der Waals surface area contributed by atoms with Gasteiger partial charge in [-0.25, -0.2) is 5.43 Å². The molecule has 0 spiro atoms. The van der Waals surface area contributed by atoms with Crippen LogP contribution in [-0.2, 0) is 0 Å². The second kappa shape index (κ2) is 6.93. The quantitative estimate of drug-likeness (QED) is 0.641. The summed E-state index contributed by atoms with van der Waals surface area (Å²) in [5, 5.41) is 0. The molecule has 0 aromatic heterocycles. The molecular weight excluding hydrogens is 332 g/mol. The maximum absolute atomic E-state index is 5.82. The van der Waals surface area contributed by atoms with Gasteiger partial charge in [-0.3, -0.25) is 5.84 Å². The average molecular weight is 351 g/mol. The summed E-state index contributed by atoms with van der Waals surface area (Å²) < 4.78 is 12.0. The second-order valence-electron chi connectivity index (χ2n) is 4.68. The fourth-order valence-electron chi connectivity index (χ4n) is 2.46. The Kier molecular flexibility index (Phi) is 5.22. The Hall–Kier alpha value is -1.56. The number of methoxy groups -OCH3 is 2. The van der Waals surface area contributed by atoms with Crippen molar-refractivity contribution >= 4 is 15.9 Å². The molecule has 0 amide bonds. The first-order valence-electron chi connectivity index (χ1n) is 6.55. The highest BCUT2D eigenvalue weighted by Crippen LogP contribution is 2.38. The Morgan fingerprint density at radius 3 is 2.19 bits per heavy atom. The van der Waals surface area contributed by atoms with Crippen LogP contribution in [0.1, 0.15) is 22.7 Å². The number of benzene rings is 2. The molecule has 0 radical (unpaired) electrons. The third-order valence-corrected chi connectivity index (χ3v) is 3.96. The fourth-order valence-corrected chi connectivity index (χ4v) is 2.93. The molecule has 0 bridgehead atoms. The number of rotatable bonds is 5. The standard InChI is InChI=1S/C16H19BrN2O2/c1-10-9-11(17)7-8-12(10)16(19-18)15-13(20-2)5-4-6-14(15)21-3/h4-9,16,19H,18H2,1-3H3. The van der Waals surface area contributed by atoms with Crippen LogP contribution in [0.5, 0.6) is 11.5 Å². The van der Waals surface area contributed by atoms with Gasteiger partial charge in [-0.1, -0.05) is 28.1 Å². The smallest absolute Gasteiger partial charge is 0.127 e. The molecule has 0 aliphatic heterocycles. The summed E-state index contributed by atoms with van der Waals surface area (Å²) in [5.74, 6) is 7.29. The number of aryl methyl sites for hydroxylation is 1. The van der Waals surface area contributed by atoms with Gasteiger partial charge < -0.3 is 9.47 Å². The predicted octanol–water partition coefficient (Wildman–Crippen LogP) is 3.33. The van der Waals surface area contributed by atoms with Crippen LogP contribution in [0, 0.1) is 6.92 Å². The van der Waals surface area contributed by atoms with Gasteiger partial charge in [0, 0.05) is 4.47 Å². The van der Waals surface area contributed by atoms with Crippen molar-refractivity contribution in [1.82, 2.24) is 5.43 Å². The Morgan fingerprint density at radius 2 is 1.71 bits per heavy atom. The van der Waals surface area contributed by atoms with Crippen LogP contribution in [0.3, 0.4) is 0 Å². The van der Waals surface area contributed by atoms with Gasteiger partial charge in [0.2, 0.25) is 0 Å².